The number of likely N-dealkylation sites (N-methyl/N-ethyl adjacent to an activating group) is 1. The van der Waals surface area contributed by atoms with Crippen molar-refractivity contribution in [2.75, 3.05) is 33.9 Å². The quantitative estimate of drug-likeness (QED) is 0.657. The maximum atomic E-state index is 13.0. The number of carbonyl (C=O) groups is 2. The molecule has 0 fully saturated rings. The Labute approximate surface area is 178 Å². The molecule has 0 aromatic heterocycles. The van der Waals surface area contributed by atoms with Crippen LogP contribution in [0.25, 0.3) is 0 Å². The Bertz CT molecular complexity index is 892. The number of benzene rings is 2. The number of ether oxygens (including phenoxy) is 2. The van der Waals surface area contributed by atoms with Gasteiger partial charge < -0.3 is 14.4 Å². The van der Waals surface area contributed by atoms with Gasteiger partial charge in [-0.25, -0.2) is 4.79 Å². The van der Waals surface area contributed by atoms with E-state index in [0.29, 0.717) is 26.1 Å². The standard InChI is InChI=1S/C24H30N2O4/c1-17-11-18(2)13-21(12-17)30-10-9-25(3)16-23(27)26-15-20-8-6-5-7-19(20)14-22(26)24(28)29-4/h5-8,11-13,22H,9-10,14-16H2,1-4H3. The van der Waals surface area contributed by atoms with Crippen LogP contribution in [0.5, 0.6) is 5.75 Å². The van der Waals surface area contributed by atoms with E-state index in [-0.39, 0.29) is 18.4 Å². The van der Waals surface area contributed by atoms with Crippen molar-refractivity contribution < 1.29 is 19.1 Å². The number of carbonyl (C=O) groups excluding carboxylic acids is 2. The first kappa shape index (κ1) is 21.8. The fourth-order valence-electron chi connectivity index (χ4n) is 3.87. The van der Waals surface area contributed by atoms with Crippen LogP contribution in [0.1, 0.15) is 22.3 Å². The maximum absolute atomic E-state index is 13.0. The molecular formula is C24H30N2O4. The highest BCUT2D eigenvalue weighted by atomic mass is 16.5. The first-order valence-corrected chi connectivity index (χ1v) is 10.2. The second-order valence-electron chi connectivity index (χ2n) is 7.94. The summed E-state index contributed by atoms with van der Waals surface area (Å²) < 4.78 is 10.8. The topological polar surface area (TPSA) is 59.1 Å². The van der Waals surface area contributed by atoms with E-state index in [0.717, 1.165) is 28.0 Å². The van der Waals surface area contributed by atoms with Crippen molar-refractivity contribution in [1.82, 2.24) is 9.80 Å². The fraction of sp³-hybridized carbons (Fsp3) is 0.417. The minimum atomic E-state index is -0.586. The molecule has 0 saturated carbocycles. The van der Waals surface area contributed by atoms with Crippen LogP contribution < -0.4 is 4.74 Å². The second-order valence-corrected chi connectivity index (χ2v) is 7.94. The van der Waals surface area contributed by atoms with E-state index >= 15 is 0 Å². The zero-order valence-corrected chi connectivity index (χ0v) is 18.2. The van der Waals surface area contributed by atoms with E-state index in [9.17, 15) is 9.59 Å². The predicted octanol–water partition coefficient (Wildman–Crippen LogP) is 2.74. The highest BCUT2D eigenvalue weighted by Gasteiger charge is 2.35. The van der Waals surface area contributed by atoms with Crippen molar-refractivity contribution in [3.8, 4) is 5.75 Å². The molecule has 0 radical (unpaired) electrons. The van der Waals surface area contributed by atoms with Gasteiger partial charge in [0.2, 0.25) is 5.91 Å². The molecule has 0 saturated heterocycles. The molecule has 6 nitrogen and oxygen atoms in total. The molecular weight excluding hydrogens is 380 g/mol. The van der Waals surface area contributed by atoms with Gasteiger partial charge in [0.1, 0.15) is 18.4 Å². The zero-order valence-electron chi connectivity index (χ0n) is 18.2. The summed E-state index contributed by atoms with van der Waals surface area (Å²) in [4.78, 5) is 28.9. The number of nitrogens with zero attached hydrogens (tertiary/aromatic N) is 2. The molecule has 1 unspecified atom stereocenters. The number of hydrogen-bond acceptors (Lipinski definition) is 5. The smallest absolute Gasteiger partial charge is 0.328 e. The Kier molecular flexibility index (Phi) is 7.11. The maximum Gasteiger partial charge on any atom is 0.328 e. The van der Waals surface area contributed by atoms with E-state index in [1.807, 2.05) is 62.2 Å². The lowest BCUT2D eigenvalue weighted by Crippen LogP contribution is -2.51. The summed E-state index contributed by atoms with van der Waals surface area (Å²) >= 11 is 0. The van der Waals surface area contributed by atoms with Crippen LogP contribution in [0, 0.1) is 13.8 Å². The third-order valence-corrected chi connectivity index (χ3v) is 5.38. The van der Waals surface area contributed by atoms with Gasteiger partial charge in [0.25, 0.3) is 0 Å². The van der Waals surface area contributed by atoms with Crippen LogP contribution in [0.3, 0.4) is 0 Å². The first-order chi connectivity index (χ1) is 14.4. The molecule has 160 valence electrons. The molecule has 3 rings (SSSR count). The molecule has 2 aromatic rings. The molecule has 0 N–H and O–H groups in total. The number of hydrogen-bond donors (Lipinski definition) is 0. The van der Waals surface area contributed by atoms with Gasteiger partial charge in [0, 0.05) is 19.5 Å². The third kappa shape index (κ3) is 5.39. The zero-order chi connectivity index (χ0) is 21.7. The molecule has 1 aliphatic rings. The lowest BCUT2D eigenvalue weighted by atomic mass is 9.94. The largest absolute Gasteiger partial charge is 0.492 e. The van der Waals surface area contributed by atoms with Gasteiger partial charge in [-0.05, 0) is 55.3 Å². The van der Waals surface area contributed by atoms with Crippen LogP contribution >= 0.6 is 0 Å². The summed E-state index contributed by atoms with van der Waals surface area (Å²) in [6.45, 7) is 5.80. The molecule has 30 heavy (non-hydrogen) atoms. The minimum absolute atomic E-state index is 0.0891. The average Bonchev–Trinajstić information content (AvgIpc) is 2.71. The molecule has 2 aromatic carbocycles. The molecule has 1 heterocycles. The number of esters is 1. The molecule has 1 atom stereocenters. The Morgan fingerprint density at radius 3 is 2.43 bits per heavy atom. The van der Waals surface area contributed by atoms with Crippen LogP contribution in [0.4, 0.5) is 0 Å². The lowest BCUT2D eigenvalue weighted by Gasteiger charge is -2.36. The average molecular weight is 411 g/mol. The van der Waals surface area contributed by atoms with E-state index in [1.54, 1.807) is 4.90 Å². The van der Waals surface area contributed by atoms with Crippen molar-refractivity contribution >= 4 is 11.9 Å². The SMILES string of the molecule is COC(=O)C1Cc2ccccc2CN1C(=O)CN(C)CCOc1cc(C)cc(C)c1. The minimum Gasteiger partial charge on any atom is -0.492 e. The van der Waals surface area contributed by atoms with Gasteiger partial charge in [0.05, 0.1) is 13.7 Å². The molecule has 0 spiro atoms. The Hall–Kier alpha value is -2.86. The molecule has 1 amide bonds. The van der Waals surface area contributed by atoms with Gasteiger partial charge in [0.15, 0.2) is 0 Å². The lowest BCUT2D eigenvalue weighted by molar-refractivity contribution is -0.154. The fourth-order valence-corrected chi connectivity index (χ4v) is 3.87. The molecule has 6 heteroatoms. The highest BCUT2D eigenvalue weighted by Crippen LogP contribution is 2.24. The van der Waals surface area contributed by atoms with Crippen molar-refractivity contribution in [1.29, 1.82) is 0 Å². The molecule has 0 bridgehead atoms. The van der Waals surface area contributed by atoms with Crippen LogP contribution in [0.2, 0.25) is 0 Å². The van der Waals surface area contributed by atoms with Crippen LogP contribution in [-0.4, -0.2) is 61.6 Å². The highest BCUT2D eigenvalue weighted by molar-refractivity contribution is 5.86. The Morgan fingerprint density at radius 1 is 1.10 bits per heavy atom. The van der Waals surface area contributed by atoms with Gasteiger partial charge in [-0.3, -0.25) is 9.69 Å². The number of rotatable bonds is 7. The normalized spacial score (nSPS) is 15.6. The molecule has 0 aliphatic carbocycles. The number of methoxy groups -OCH3 is 1. The van der Waals surface area contributed by atoms with Crippen molar-refractivity contribution in [2.45, 2.75) is 32.9 Å². The van der Waals surface area contributed by atoms with Crippen molar-refractivity contribution in [3.63, 3.8) is 0 Å². The Balaban J connectivity index is 1.58. The summed E-state index contributed by atoms with van der Waals surface area (Å²) in [6, 6.07) is 13.4. The van der Waals surface area contributed by atoms with Crippen LogP contribution in [-0.2, 0) is 27.3 Å². The monoisotopic (exact) mass is 410 g/mol. The van der Waals surface area contributed by atoms with E-state index in [1.165, 1.54) is 7.11 Å². The Morgan fingerprint density at radius 2 is 1.77 bits per heavy atom. The van der Waals surface area contributed by atoms with Gasteiger partial charge in [-0.2, -0.15) is 0 Å². The second kappa shape index (κ2) is 9.76. The van der Waals surface area contributed by atoms with Gasteiger partial charge in [-0.1, -0.05) is 30.3 Å². The number of aryl methyl sites for hydroxylation is 2. The summed E-state index contributed by atoms with van der Waals surface area (Å²) in [5.41, 5.74) is 4.49. The summed E-state index contributed by atoms with van der Waals surface area (Å²) in [7, 11) is 3.25. The number of amides is 1. The van der Waals surface area contributed by atoms with Gasteiger partial charge >= 0.3 is 5.97 Å². The summed E-state index contributed by atoms with van der Waals surface area (Å²) in [5.74, 6) is 0.373. The van der Waals surface area contributed by atoms with E-state index in [4.69, 9.17) is 9.47 Å². The van der Waals surface area contributed by atoms with E-state index in [2.05, 4.69) is 6.07 Å². The number of fused-ring (bicyclic) bond motifs is 1. The van der Waals surface area contributed by atoms with Gasteiger partial charge in [-0.15, -0.1) is 0 Å². The first-order valence-electron chi connectivity index (χ1n) is 10.2. The predicted molar refractivity (Wildman–Crippen MR) is 115 cm³/mol. The van der Waals surface area contributed by atoms with Crippen molar-refractivity contribution in [2.24, 2.45) is 0 Å². The summed E-state index contributed by atoms with van der Waals surface area (Å²) in [5, 5.41) is 0. The van der Waals surface area contributed by atoms with Crippen molar-refractivity contribution in [3.05, 3.63) is 64.7 Å². The third-order valence-electron chi connectivity index (χ3n) is 5.38. The van der Waals surface area contributed by atoms with E-state index < -0.39 is 6.04 Å². The van der Waals surface area contributed by atoms with Crippen LogP contribution in [0.15, 0.2) is 42.5 Å². The summed E-state index contributed by atoms with van der Waals surface area (Å²) in [6.07, 6.45) is 0.480. The molecule has 1 aliphatic heterocycles.